The molecule has 0 aromatic carbocycles. The molecule has 0 aromatic rings. The van der Waals surface area contributed by atoms with E-state index in [4.69, 9.17) is 10.8 Å². The van der Waals surface area contributed by atoms with Crippen molar-refractivity contribution < 1.29 is 9.90 Å². The summed E-state index contributed by atoms with van der Waals surface area (Å²) in [5, 5.41) is 8.80. The Kier molecular flexibility index (Phi) is 5.45. The predicted octanol–water partition coefficient (Wildman–Crippen LogP) is -0.974. The lowest BCUT2D eigenvalue weighted by Crippen LogP contribution is -2.53. The Morgan fingerprint density at radius 1 is 1.44 bits per heavy atom. The minimum absolute atomic E-state index is 0.00329. The van der Waals surface area contributed by atoms with Gasteiger partial charge in [0.05, 0.1) is 12.6 Å². The van der Waals surface area contributed by atoms with E-state index in [1.807, 2.05) is 0 Å². The van der Waals surface area contributed by atoms with E-state index in [1.54, 1.807) is 11.0 Å². The molecular weight excluding hydrogens is 206 g/mol. The molecule has 1 heterocycles. The maximum Gasteiger partial charge on any atom is 0.239 e. The normalized spacial score (nSPS) is 19.5. The molecule has 3 N–H and O–H groups in total. The first kappa shape index (κ1) is 13.2. The zero-order chi connectivity index (χ0) is 12.0. The number of nitrogens with two attached hydrogens (primary N) is 1. The minimum Gasteiger partial charge on any atom is -0.395 e. The van der Waals surface area contributed by atoms with Crippen LogP contribution < -0.4 is 5.73 Å². The summed E-state index contributed by atoms with van der Waals surface area (Å²) in [4.78, 5) is 15.8. The van der Waals surface area contributed by atoms with Crippen LogP contribution in [0.3, 0.4) is 0 Å². The molecule has 1 fully saturated rings. The Hall–Kier alpha value is -0.910. The molecule has 92 valence electrons. The summed E-state index contributed by atoms with van der Waals surface area (Å²) in [5.41, 5.74) is 5.74. The predicted molar refractivity (Wildman–Crippen MR) is 62.9 cm³/mol. The topological polar surface area (TPSA) is 69.8 Å². The second-order valence-electron chi connectivity index (χ2n) is 4.02. The first-order valence-corrected chi connectivity index (χ1v) is 5.67. The van der Waals surface area contributed by atoms with Crippen LogP contribution >= 0.6 is 0 Å². The van der Waals surface area contributed by atoms with Gasteiger partial charge in [-0.15, -0.1) is 6.58 Å². The largest absolute Gasteiger partial charge is 0.395 e. The van der Waals surface area contributed by atoms with Crippen LogP contribution in [0.5, 0.6) is 0 Å². The van der Waals surface area contributed by atoms with Gasteiger partial charge in [0, 0.05) is 32.7 Å². The van der Waals surface area contributed by atoms with E-state index in [1.165, 1.54) is 0 Å². The standard InChI is InChI=1S/C11H21N3O2/c1-2-3-10(12)11(16)14-6-4-13(5-7-14)8-9-15/h2,10,15H,1,3-9,12H2. The Labute approximate surface area is 96.5 Å². The van der Waals surface area contributed by atoms with Crippen LogP contribution in [0, 0.1) is 0 Å². The first-order valence-electron chi connectivity index (χ1n) is 5.67. The SMILES string of the molecule is C=CCC(N)C(=O)N1CCN(CCO)CC1. The van der Waals surface area contributed by atoms with E-state index in [9.17, 15) is 4.79 Å². The monoisotopic (exact) mass is 227 g/mol. The van der Waals surface area contributed by atoms with E-state index in [0.717, 1.165) is 13.1 Å². The zero-order valence-corrected chi connectivity index (χ0v) is 9.64. The van der Waals surface area contributed by atoms with Crippen molar-refractivity contribution in [2.75, 3.05) is 39.3 Å². The lowest BCUT2D eigenvalue weighted by molar-refractivity contribution is -0.134. The highest BCUT2D eigenvalue weighted by Crippen LogP contribution is 2.04. The van der Waals surface area contributed by atoms with Crippen molar-refractivity contribution in [3.63, 3.8) is 0 Å². The average Bonchev–Trinajstić information content (AvgIpc) is 2.30. The molecule has 16 heavy (non-hydrogen) atoms. The van der Waals surface area contributed by atoms with Crippen LogP contribution in [0.2, 0.25) is 0 Å². The van der Waals surface area contributed by atoms with Crippen molar-refractivity contribution in [2.45, 2.75) is 12.5 Å². The molecule has 1 saturated heterocycles. The van der Waals surface area contributed by atoms with Crippen LogP contribution in [0.4, 0.5) is 0 Å². The summed E-state index contributed by atoms with van der Waals surface area (Å²) in [7, 11) is 0. The van der Waals surface area contributed by atoms with E-state index in [-0.39, 0.29) is 12.5 Å². The lowest BCUT2D eigenvalue weighted by atomic mass is 10.1. The molecule has 5 nitrogen and oxygen atoms in total. The molecule has 0 radical (unpaired) electrons. The van der Waals surface area contributed by atoms with Gasteiger partial charge in [0.2, 0.25) is 5.91 Å². The van der Waals surface area contributed by atoms with Crippen LogP contribution in [0.15, 0.2) is 12.7 Å². The number of rotatable bonds is 5. The summed E-state index contributed by atoms with van der Waals surface area (Å²) in [5.74, 6) is 0.00329. The van der Waals surface area contributed by atoms with Gasteiger partial charge in [-0.05, 0) is 6.42 Å². The van der Waals surface area contributed by atoms with Crippen molar-refractivity contribution in [3.05, 3.63) is 12.7 Å². The van der Waals surface area contributed by atoms with E-state index < -0.39 is 6.04 Å². The number of hydrogen-bond donors (Lipinski definition) is 2. The fourth-order valence-corrected chi connectivity index (χ4v) is 1.85. The number of β-amino-alcohol motifs (C(OH)–C–C–N with tert-alkyl or cyclic N) is 1. The van der Waals surface area contributed by atoms with Gasteiger partial charge in [-0.2, -0.15) is 0 Å². The molecule has 1 aliphatic heterocycles. The van der Waals surface area contributed by atoms with Crippen LogP contribution in [0.1, 0.15) is 6.42 Å². The Morgan fingerprint density at radius 2 is 2.06 bits per heavy atom. The molecule has 1 rings (SSSR count). The van der Waals surface area contributed by atoms with Crippen LogP contribution in [-0.2, 0) is 4.79 Å². The molecule has 0 bridgehead atoms. The molecule has 0 aromatic heterocycles. The third-order valence-electron chi connectivity index (χ3n) is 2.84. The Balaban J connectivity index is 2.35. The zero-order valence-electron chi connectivity index (χ0n) is 9.64. The number of piperazine rings is 1. The number of nitrogens with zero attached hydrogens (tertiary/aromatic N) is 2. The number of aliphatic hydroxyl groups is 1. The maximum absolute atomic E-state index is 11.8. The fourth-order valence-electron chi connectivity index (χ4n) is 1.85. The van der Waals surface area contributed by atoms with Crippen molar-refractivity contribution >= 4 is 5.91 Å². The molecule has 5 heteroatoms. The van der Waals surface area contributed by atoms with E-state index in [2.05, 4.69) is 11.5 Å². The number of amides is 1. The minimum atomic E-state index is -0.457. The van der Waals surface area contributed by atoms with Gasteiger partial charge in [-0.3, -0.25) is 9.69 Å². The van der Waals surface area contributed by atoms with Gasteiger partial charge in [0.15, 0.2) is 0 Å². The van der Waals surface area contributed by atoms with Gasteiger partial charge < -0.3 is 15.7 Å². The molecule has 1 aliphatic rings. The van der Waals surface area contributed by atoms with Crippen molar-refractivity contribution in [2.24, 2.45) is 5.73 Å². The summed E-state index contributed by atoms with van der Waals surface area (Å²) >= 11 is 0. The second kappa shape index (κ2) is 6.62. The summed E-state index contributed by atoms with van der Waals surface area (Å²) in [6.45, 7) is 7.45. The Morgan fingerprint density at radius 3 is 2.56 bits per heavy atom. The second-order valence-corrected chi connectivity index (χ2v) is 4.02. The molecule has 1 unspecified atom stereocenters. The Bertz CT molecular complexity index is 237. The third kappa shape index (κ3) is 3.59. The van der Waals surface area contributed by atoms with Gasteiger partial charge in [-0.1, -0.05) is 6.08 Å². The van der Waals surface area contributed by atoms with Crippen LogP contribution in [-0.4, -0.2) is 66.2 Å². The fraction of sp³-hybridized carbons (Fsp3) is 0.727. The lowest BCUT2D eigenvalue weighted by Gasteiger charge is -2.35. The van der Waals surface area contributed by atoms with Crippen molar-refractivity contribution in [1.82, 2.24) is 9.80 Å². The number of carbonyl (C=O) groups excluding carboxylic acids is 1. The molecule has 1 amide bonds. The maximum atomic E-state index is 11.8. The highest BCUT2D eigenvalue weighted by Gasteiger charge is 2.23. The number of carbonyl (C=O) groups is 1. The van der Waals surface area contributed by atoms with Crippen molar-refractivity contribution in [1.29, 1.82) is 0 Å². The van der Waals surface area contributed by atoms with Gasteiger partial charge in [-0.25, -0.2) is 0 Å². The van der Waals surface area contributed by atoms with Gasteiger partial charge in [0.25, 0.3) is 0 Å². The number of hydrogen-bond acceptors (Lipinski definition) is 4. The smallest absolute Gasteiger partial charge is 0.239 e. The highest BCUT2D eigenvalue weighted by atomic mass is 16.3. The summed E-state index contributed by atoms with van der Waals surface area (Å²) in [6, 6.07) is -0.457. The molecule has 0 aliphatic carbocycles. The number of aliphatic hydroxyl groups excluding tert-OH is 1. The van der Waals surface area contributed by atoms with Gasteiger partial charge >= 0.3 is 0 Å². The third-order valence-corrected chi connectivity index (χ3v) is 2.84. The van der Waals surface area contributed by atoms with Crippen LogP contribution in [0.25, 0.3) is 0 Å². The summed E-state index contributed by atoms with van der Waals surface area (Å²) < 4.78 is 0. The average molecular weight is 227 g/mol. The molecule has 0 spiro atoms. The van der Waals surface area contributed by atoms with Crippen molar-refractivity contribution in [3.8, 4) is 0 Å². The highest BCUT2D eigenvalue weighted by molar-refractivity contribution is 5.81. The first-order chi connectivity index (χ1) is 7.69. The molecule has 0 saturated carbocycles. The molecule has 1 atom stereocenters. The van der Waals surface area contributed by atoms with E-state index in [0.29, 0.717) is 26.1 Å². The van der Waals surface area contributed by atoms with Gasteiger partial charge in [0.1, 0.15) is 0 Å². The van der Waals surface area contributed by atoms with E-state index >= 15 is 0 Å². The summed E-state index contributed by atoms with van der Waals surface area (Å²) in [6.07, 6.45) is 2.19. The quantitative estimate of drug-likeness (QED) is 0.593. The molecular formula is C11H21N3O2.